The van der Waals surface area contributed by atoms with Gasteiger partial charge in [0, 0.05) is 32.3 Å². The van der Waals surface area contributed by atoms with E-state index in [9.17, 15) is 19.8 Å². The summed E-state index contributed by atoms with van der Waals surface area (Å²) in [5, 5.41) is 30.3. The Labute approximate surface area is 264 Å². The highest BCUT2D eigenvalue weighted by molar-refractivity contribution is 5.94. The lowest BCUT2D eigenvalue weighted by atomic mass is 9.91. The number of benzene rings is 2. The molecule has 5 aromatic rings. The van der Waals surface area contributed by atoms with Gasteiger partial charge in [0.2, 0.25) is 5.82 Å². The standard InChI is InChI=1S/C32H35N9O5/c1-3-33-30(44)26-24(42)25(43)32(46-26)41-18-37-23-27(34-15-22(19-10-6-4-7-11-19)20-12-8-5-9-13-20)38-28(39-29(23)41)31(45)35-14-21-16-40(2)17-36-21/h4-13,16-18,22,24-26,32,42-43H,3,14-15H2,1-2H3,(H,33,44)(H,35,45)(H,34,38,39)/t24-,25+,26-,32+/m0/s1. The van der Waals surface area contributed by atoms with Crippen LogP contribution < -0.4 is 16.0 Å². The highest BCUT2D eigenvalue weighted by Crippen LogP contribution is 2.33. The molecule has 5 N–H and O–H groups in total. The number of carbonyl (C=O) groups is 2. The molecule has 0 saturated carbocycles. The number of anilines is 1. The van der Waals surface area contributed by atoms with E-state index in [-0.39, 0.29) is 29.8 Å². The Bertz CT molecular complexity index is 1770. The fourth-order valence-corrected chi connectivity index (χ4v) is 5.51. The van der Waals surface area contributed by atoms with Gasteiger partial charge in [-0.2, -0.15) is 0 Å². The zero-order valence-electron chi connectivity index (χ0n) is 25.3. The molecule has 238 valence electrons. The monoisotopic (exact) mass is 625 g/mol. The molecule has 1 aliphatic heterocycles. The molecule has 1 aliphatic rings. The van der Waals surface area contributed by atoms with Crippen molar-refractivity contribution in [2.45, 2.75) is 43.9 Å². The summed E-state index contributed by atoms with van der Waals surface area (Å²) < 4.78 is 9.01. The fourth-order valence-electron chi connectivity index (χ4n) is 5.51. The van der Waals surface area contributed by atoms with E-state index >= 15 is 0 Å². The molecule has 4 heterocycles. The molecule has 0 radical (unpaired) electrons. The lowest BCUT2D eigenvalue weighted by Gasteiger charge is -2.20. The SMILES string of the molecule is CCNC(=O)[C@H]1O[C@@H](n2cnc3c(NCC(c4ccccc4)c4ccccc4)nc(C(=O)NCc4cn(C)cn4)nc32)[C@H](O)[C@@H]1O. The van der Waals surface area contributed by atoms with Crippen LogP contribution in [0.4, 0.5) is 5.82 Å². The number of imidazole rings is 2. The second-order valence-electron chi connectivity index (χ2n) is 11.0. The Morgan fingerprint density at radius 1 is 0.935 bits per heavy atom. The van der Waals surface area contributed by atoms with Crippen molar-refractivity contribution in [3.63, 3.8) is 0 Å². The third-order valence-corrected chi connectivity index (χ3v) is 7.81. The Hall–Kier alpha value is -5.18. The number of hydrogen-bond acceptors (Lipinski definition) is 10. The molecule has 0 aliphatic carbocycles. The van der Waals surface area contributed by atoms with Gasteiger partial charge in [-0.1, -0.05) is 60.7 Å². The summed E-state index contributed by atoms with van der Waals surface area (Å²) in [4.78, 5) is 43.7. The van der Waals surface area contributed by atoms with E-state index in [2.05, 4.69) is 60.2 Å². The molecule has 0 bridgehead atoms. The van der Waals surface area contributed by atoms with Crippen molar-refractivity contribution in [1.82, 2.24) is 39.7 Å². The number of nitrogens with one attached hydrogen (secondary N) is 3. The zero-order valence-corrected chi connectivity index (χ0v) is 25.3. The lowest BCUT2D eigenvalue weighted by molar-refractivity contribution is -0.137. The third-order valence-electron chi connectivity index (χ3n) is 7.81. The second kappa shape index (κ2) is 13.4. The molecular weight excluding hydrogens is 590 g/mol. The molecule has 14 heteroatoms. The Balaban J connectivity index is 1.36. The van der Waals surface area contributed by atoms with Gasteiger partial charge in [-0.3, -0.25) is 14.2 Å². The molecule has 0 spiro atoms. The van der Waals surface area contributed by atoms with Gasteiger partial charge < -0.3 is 35.5 Å². The van der Waals surface area contributed by atoms with Crippen LogP contribution in [-0.2, 0) is 23.1 Å². The summed E-state index contributed by atoms with van der Waals surface area (Å²) in [5.41, 5.74) is 3.30. The van der Waals surface area contributed by atoms with Gasteiger partial charge in [-0.15, -0.1) is 0 Å². The minimum Gasteiger partial charge on any atom is -0.387 e. The second-order valence-corrected chi connectivity index (χ2v) is 11.0. The van der Waals surface area contributed by atoms with Gasteiger partial charge in [-0.05, 0) is 18.1 Å². The van der Waals surface area contributed by atoms with Gasteiger partial charge in [-0.25, -0.2) is 19.9 Å². The largest absolute Gasteiger partial charge is 0.387 e. The van der Waals surface area contributed by atoms with Crippen LogP contribution in [0.2, 0.25) is 0 Å². The van der Waals surface area contributed by atoms with E-state index in [0.29, 0.717) is 24.3 Å². The van der Waals surface area contributed by atoms with Crippen LogP contribution in [0.15, 0.2) is 79.5 Å². The van der Waals surface area contributed by atoms with Gasteiger partial charge in [0.1, 0.15) is 12.2 Å². The number of fused-ring (bicyclic) bond motifs is 1. The van der Waals surface area contributed by atoms with Crippen LogP contribution in [-0.4, -0.2) is 82.5 Å². The van der Waals surface area contributed by atoms with Crippen LogP contribution in [0, 0.1) is 0 Å². The first-order valence-electron chi connectivity index (χ1n) is 15.0. The van der Waals surface area contributed by atoms with Crippen LogP contribution in [0.1, 0.15) is 46.5 Å². The minimum absolute atomic E-state index is 0.0658. The number of rotatable bonds is 11. The Morgan fingerprint density at radius 2 is 1.63 bits per heavy atom. The highest BCUT2D eigenvalue weighted by Gasteiger charge is 2.47. The number of aliphatic hydroxyl groups excluding tert-OH is 2. The fraction of sp³-hybridized carbons (Fsp3) is 0.312. The van der Waals surface area contributed by atoms with E-state index < -0.39 is 36.4 Å². The molecule has 6 rings (SSSR count). The first kappa shape index (κ1) is 30.8. The smallest absolute Gasteiger partial charge is 0.289 e. The number of amides is 2. The lowest BCUT2D eigenvalue weighted by Crippen LogP contribution is -2.42. The average molecular weight is 626 g/mol. The predicted octanol–water partition coefficient (Wildman–Crippen LogP) is 1.49. The first-order chi connectivity index (χ1) is 22.3. The number of hydrogen-bond donors (Lipinski definition) is 5. The van der Waals surface area contributed by atoms with Gasteiger partial charge in [0.25, 0.3) is 11.8 Å². The number of ether oxygens (including phenoxy) is 1. The van der Waals surface area contributed by atoms with Crippen molar-refractivity contribution in [3.8, 4) is 0 Å². The predicted molar refractivity (Wildman–Crippen MR) is 168 cm³/mol. The average Bonchev–Trinajstić information content (AvgIpc) is 3.78. The molecule has 4 atom stereocenters. The van der Waals surface area contributed by atoms with E-state index in [1.165, 1.54) is 10.9 Å². The molecule has 2 aromatic carbocycles. The quantitative estimate of drug-likeness (QED) is 0.144. The minimum atomic E-state index is -1.49. The Kier molecular flexibility index (Phi) is 9.01. The van der Waals surface area contributed by atoms with Crippen LogP contribution in [0.25, 0.3) is 11.2 Å². The molecule has 46 heavy (non-hydrogen) atoms. The molecule has 3 aromatic heterocycles. The number of aliphatic hydroxyl groups is 2. The molecule has 14 nitrogen and oxygen atoms in total. The van der Waals surface area contributed by atoms with E-state index in [4.69, 9.17) is 4.74 Å². The molecule has 0 unspecified atom stereocenters. The van der Waals surface area contributed by atoms with E-state index in [0.717, 1.165) is 11.1 Å². The molecule has 1 saturated heterocycles. The maximum atomic E-state index is 13.4. The highest BCUT2D eigenvalue weighted by atomic mass is 16.6. The van der Waals surface area contributed by atoms with Crippen molar-refractivity contribution in [2.24, 2.45) is 7.05 Å². The first-order valence-corrected chi connectivity index (χ1v) is 15.0. The zero-order chi connectivity index (χ0) is 32.2. The number of aromatic nitrogens is 6. The van der Waals surface area contributed by atoms with Gasteiger partial charge in [0.05, 0.1) is 24.9 Å². The normalized spacial score (nSPS) is 19.4. The summed E-state index contributed by atoms with van der Waals surface area (Å²) in [5.74, 6) is -1.04. The summed E-state index contributed by atoms with van der Waals surface area (Å²) >= 11 is 0. The molecular formula is C32H35N9O5. The third kappa shape index (κ3) is 6.31. The maximum absolute atomic E-state index is 13.4. The number of aryl methyl sites for hydroxylation is 1. The summed E-state index contributed by atoms with van der Waals surface area (Å²) in [6.07, 6.45) is -0.681. The van der Waals surface area contributed by atoms with Crippen molar-refractivity contribution < 1.29 is 24.5 Å². The van der Waals surface area contributed by atoms with Gasteiger partial charge >= 0.3 is 0 Å². The van der Waals surface area contributed by atoms with Crippen LogP contribution in [0.3, 0.4) is 0 Å². The van der Waals surface area contributed by atoms with Gasteiger partial charge in [0.15, 0.2) is 29.3 Å². The summed E-state index contributed by atoms with van der Waals surface area (Å²) in [7, 11) is 1.83. The molecule has 2 amide bonds. The summed E-state index contributed by atoms with van der Waals surface area (Å²) in [6, 6.07) is 20.1. The topological polar surface area (TPSA) is 181 Å². The number of carbonyl (C=O) groups excluding carboxylic acids is 2. The van der Waals surface area contributed by atoms with Crippen LogP contribution >= 0.6 is 0 Å². The van der Waals surface area contributed by atoms with E-state index in [1.807, 2.05) is 43.4 Å². The van der Waals surface area contributed by atoms with Crippen molar-refractivity contribution >= 4 is 28.8 Å². The number of nitrogens with zero attached hydrogens (tertiary/aromatic N) is 6. The molecule has 1 fully saturated rings. The van der Waals surface area contributed by atoms with Crippen molar-refractivity contribution in [2.75, 3.05) is 18.4 Å². The Morgan fingerprint density at radius 3 is 2.26 bits per heavy atom. The van der Waals surface area contributed by atoms with E-state index in [1.54, 1.807) is 24.0 Å². The van der Waals surface area contributed by atoms with Crippen LogP contribution in [0.5, 0.6) is 0 Å². The maximum Gasteiger partial charge on any atom is 0.289 e. The van der Waals surface area contributed by atoms with Crippen molar-refractivity contribution in [1.29, 1.82) is 0 Å². The summed E-state index contributed by atoms with van der Waals surface area (Å²) in [6.45, 7) is 2.62. The number of likely N-dealkylation sites (N-methyl/N-ethyl adjacent to an activating group) is 1. The van der Waals surface area contributed by atoms with Crippen molar-refractivity contribution in [3.05, 3.63) is 102 Å².